The van der Waals surface area contributed by atoms with Crippen LogP contribution in [-0.4, -0.2) is 0 Å². The SMILES string of the molecule is CC1=Cc2c(C(C)C)cccc2C1C1C=Cc2ccc3ccccc3c21. The molecule has 0 bridgehead atoms. The highest BCUT2D eigenvalue weighted by atomic mass is 14.4. The summed E-state index contributed by atoms with van der Waals surface area (Å²) >= 11 is 0. The minimum Gasteiger partial charge on any atom is -0.0754 e. The van der Waals surface area contributed by atoms with Crippen LogP contribution < -0.4 is 0 Å². The zero-order chi connectivity index (χ0) is 17.8. The summed E-state index contributed by atoms with van der Waals surface area (Å²) in [6, 6.07) is 20.2. The third-order valence-corrected chi connectivity index (χ3v) is 6.17. The van der Waals surface area contributed by atoms with Crippen molar-refractivity contribution < 1.29 is 0 Å². The molecule has 0 spiro atoms. The van der Waals surface area contributed by atoms with Gasteiger partial charge in [0.05, 0.1) is 0 Å². The topological polar surface area (TPSA) is 0 Å². The van der Waals surface area contributed by atoms with Gasteiger partial charge in [-0.3, -0.25) is 0 Å². The molecule has 0 nitrogen and oxygen atoms in total. The molecule has 0 saturated heterocycles. The van der Waals surface area contributed by atoms with Crippen LogP contribution in [0.3, 0.4) is 0 Å². The van der Waals surface area contributed by atoms with Crippen molar-refractivity contribution in [3.8, 4) is 0 Å². The first-order valence-electron chi connectivity index (χ1n) is 9.66. The predicted octanol–water partition coefficient (Wildman–Crippen LogP) is 7.27. The first-order chi connectivity index (χ1) is 12.6. The fourth-order valence-electron chi connectivity index (χ4n) is 4.99. The second-order valence-electron chi connectivity index (χ2n) is 8.05. The summed E-state index contributed by atoms with van der Waals surface area (Å²) in [5.74, 6) is 1.43. The highest BCUT2D eigenvalue weighted by Gasteiger charge is 2.34. The molecule has 2 aliphatic rings. The highest BCUT2D eigenvalue weighted by Crippen LogP contribution is 2.51. The van der Waals surface area contributed by atoms with Crippen LogP contribution in [0.15, 0.2) is 66.2 Å². The molecule has 3 aromatic rings. The lowest BCUT2D eigenvalue weighted by molar-refractivity contribution is 0.725. The minimum atomic E-state index is 0.427. The number of allylic oxidation sites excluding steroid dienone is 2. The molecule has 2 atom stereocenters. The Labute approximate surface area is 155 Å². The summed E-state index contributed by atoms with van der Waals surface area (Å²) in [5.41, 5.74) is 8.82. The summed E-state index contributed by atoms with van der Waals surface area (Å²) in [5, 5.41) is 2.75. The molecular formula is C26H24. The second kappa shape index (κ2) is 5.71. The zero-order valence-electron chi connectivity index (χ0n) is 15.7. The summed E-state index contributed by atoms with van der Waals surface area (Å²) < 4.78 is 0. The number of fused-ring (bicyclic) bond motifs is 4. The van der Waals surface area contributed by atoms with Crippen LogP contribution in [0.1, 0.15) is 66.3 Å². The molecule has 0 saturated carbocycles. The fourth-order valence-corrected chi connectivity index (χ4v) is 4.99. The van der Waals surface area contributed by atoms with Crippen LogP contribution >= 0.6 is 0 Å². The van der Waals surface area contributed by atoms with Crippen molar-refractivity contribution >= 4 is 22.9 Å². The second-order valence-corrected chi connectivity index (χ2v) is 8.05. The Morgan fingerprint density at radius 1 is 0.885 bits per heavy atom. The van der Waals surface area contributed by atoms with Gasteiger partial charge in [-0.1, -0.05) is 92.2 Å². The zero-order valence-corrected chi connectivity index (χ0v) is 15.7. The Bertz CT molecular complexity index is 1080. The number of hydrogen-bond acceptors (Lipinski definition) is 0. The lowest BCUT2D eigenvalue weighted by Gasteiger charge is -2.24. The molecule has 3 aromatic carbocycles. The molecule has 0 heterocycles. The standard InChI is InChI=1S/C26H24/c1-16(2)20-9-6-10-22-24(20)15-17(3)25(22)23-14-13-19-12-11-18-7-4-5-8-21(18)26(19)23/h4-16,23,25H,1-3H3. The molecule has 2 unspecified atom stereocenters. The van der Waals surface area contributed by atoms with Crippen molar-refractivity contribution in [3.05, 3.63) is 94.1 Å². The van der Waals surface area contributed by atoms with E-state index in [0.717, 1.165) is 0 Å². The van der Waals surface area contributed by atoms with Gasteiger partial charge in [0.25, 0.3) is 0 Å². The van der Waals surface area contributed by atoms with Crippen LogP contribution in [0.2, 0.25) is 0 Å². The average molecular weight is 336 g/mol. The molecule has 0 aromatic heterocycles. The van der Waals surface area contributed by atoms with E-state index < -0.39 is 0 Å². The van der Waals surface area contributed by atoms with E-state index in [9.17, 15) is 0 Å². The van der Waals surface area contributed by atoms with E-state index in [2.05, 4.69) is 93.6 Å². The monoisotopic (exact) mass is 336 g/mol. The first kappa shape index (κ1) is 15.6. The summed E-state index contributed by atoms with van der Waals surface area (Å²) in [4.78, 5) is 0. The lowest BCUT2D eigenvalue weighted by Crippen LogP contribution is -2.09. The van der Waals surface area contributed by atoms with Gasteiger partial charge in [0.15, 0.2) is 0 Å². The molecule has 2 aliphatic carbocycles. The Hall–Kier alpha value is -2.60. The van der Waals surface area contributed by atoms with Gasteiger partial charge in [0.2, 0.25) is 0 Å². The van der Waals surface area contributed by atoms with Crippen LogP contribution in [0.5, 0.6) is 0 Å². The van der Waals surface area contributed by atoms with E-state index in [0.29, 0.717) is 17.8 Å². The number of rotatable bonds is 2. The van der Waals surface area contributed by atoms with E-state index in [1.54, 1.807) is 0 Å². The maximum Gasteiger partial charge on any atom is 0.0159 e. The molecule has 5 rings (SSSR count). The van der Waals surface area contributed by atoms with Crippen LogP contribution in [0, 0.1) is 0 Å². The van der Waals surface area contributed by atoms with E-state index in [-0.39, 0.29) is 0 Å². The average Bonchev–Trinajstić information content (AvgIpc) is 3.21. The Morgan fingerprint density at radius 2 is 1.73 bits per heavy atom. The third-order valence-electron chi connectivity index (χ3n) is 6.17. The molecule has 0 N–H and O–H groups in total. The van der Waals surface area contributed by atoms with Crippen molar-refractivity contribution in [3.63, 3.8) is 0 Å². The number of benzene rings is 3. The van der Waals surface area contributed by atoms with Crippen LogP contribution in [0.25, 0.3) is 22.9 Å². The molecule has 26 heavy (non-hydrogen) atoms. The van der Waals surface area contributed by atoms with Crippen LogP contribution in [0.4, 0.5) is 0 Å². The molecule has 128 valence electrons. The third kappa shape index (κ3) is 2.15. The van der Waals surface area contributed by atoms with E-state index in [1.807, 2.05) is 0 Å². The maximum absolute atomic E-state index is 2.44. The Morgan fingerprint density at radius 3 is 2.58 bits per heavy atom. The minimum absolute atomic E-state index is 0.427. The van der Waals surface area contributed by atoms with Crippen molar-refractivity contribution in [1.82, 2.24) is 0 Å². The van der Waals surface area contributed by atoms with Gasteiger partial charge < -0.3 is 0 Å². The number of hydrogen-bond donors (Lipinski definition) is 0. The molecule has 0 radical (unpaired) electrons. The maximum atomic E-state index is 2.44. The van der Waals surface area contributed by atoms with Gasteiger partial charge in [0, 0.05) is 11.8 Å². The summed E-state index contributed by atoms with van der Waals surface area (Å²) in [7, 11) is 0. The molecule has 0 amide bonds. The van der Waals surface area contributed by atoms with Crippen molar-refractivity contribution in [2.45, 2.75) is 38.5 Å². The molecular weight excluding hydrogens is 312 g/mol. The summed E-state index contributed by atoms with van der Waals surface area (Å²) in [6.07, 6.45) is 7.19. The lowest BCUT2D eigenvalue weighted by atomic mass is 9.79. The van der Waals surface area contributed by atoms with Gasteiger partial charge in [-0.25, -0.2) is 0 Å². The predicted molar refractivity (Wildman–Crippen MR) is 113 cm³/mol. The van der Waals surface area contributed by atoms with Gasteiger partial charge in [0.1, 0.15) is 0 Å². The van der Waals surface area contributed by atoms with Gasteiger partial charge in [-0.2, -0.15) is 0 Å². The fraction of sp³-hybridized carbons (Fsp3) is 0.231. The molecule has 0 aliphatic heterocycles. The van der Waals surface area contributed by atoms with E-state index >= 15 is 0 Å². The van der Waals surface area contributed by atoms with Crippen molar-refractivity contribution in [1.29, 1.82) is 0 Å². The van der Waals surface area contributed by atoms with E-state index in [4.69, 9.17) is 0 Å². The molecule has 0 heteroatoms. The highest BCUT2D eigenvalue weighted by molar-refractivity contribution is 5.92. The summed E-state index contributed by atoms with van der Waals surface area (Å²) in [6.45, 7) is 6.90. The normalized spacial score (nSPS) is 20.5. The molecule has 0 fully saturated rings. The largest absolute Gasteiger partial charge is 0.0754 e. The van der Waals surface area contributed by atoms with Gasteiger partial charge in [-0.15, -0.1) is 0 Å². The smallest absolute Gasteiger partial charge is 0.0159 e. The first-order valence-corrected chi connectivity index (χ1v) is 9.66. The van der Waals surface area contributed by atoms with Gasteiger partial charge in [-0.05, 0) is 51.4 Å². The van der Waals surface area contributed by atoms with E-state index in [1.165, 1.54) is 44.2 Å². The van der Waals surface area contributed by atoms with Crippen molar-refractivity contribution in [2.24, 2.45) is 0 Å². The van der Waals surface area contributed by atoms with Crippen LogP contribution in [-0.2, 0) is 0 Å². The Balaban J connectivity index is 1.70. The Kier molecular flexibility index (Phi) is 3.43. The van der Waals surface area contributed by atoms with Crippen molar-refractivity contribution in [2.75, 3.05) is 0 Å². The quantitative estimate of drug-likeness (QED) is 0.461. The van der Waals surface area contributed by atoms with Gasteiger partial charge >= 0.3 is 0 Å².